The molecule has 1 aromatic heterocycles. The number of hydrogen-bond acceptors (Lipinski definition) is 5. The molecule has 0 unspecified atom stereocenters. The number of aromatic nitrogens is 1. The molecule has 2 aliphatic rings. The molecule has 26 heavy (non-hydrogen) atoms. The molecular weight excluding hydrogens is 334 g/mol. The fraction of sp³-hybridized carbons (Fsp3) is 0.556. The van der Waals surface area contributed by atoms with Crippen LogP contribution >= 0.6 is 0 Å². The minimum absolute atomic E-state index is 0.0755. The van der Waals surface area contributed by atoms with Gasteiger partial charge in [0.05, 0.1) is 0 Å². The number of amides is 4. The quantitative estimate of drug-likeness (QED) is 0.740. The van der Waals surface area contributed by atoms with Gasteiger partial charge in [0.1, 0.15) is 11.4 Å². The average molecular weight is 359 g/mol. The van der Waals surface area contributed by atoms with Crippen molar-refractivity contribution in [2.24, 2.45) is 0 Å². The fourth-order valence-corrected chi connectivity index (χ4v) is 3.18. The van der Waals surface area contributed by atoms with E-state index in [2.05, 4.69) is 20.5 Å². The van der Waals surface area contributed by atoms with Gasteiger partial charge in [0.25, 0.3) is 5.91 Å². The fourth-order valence-electron chi connectivity index (χ4n) is 3.18. The first-order valence-corrected chi connectivity index (χ1v) is 8.97. The summed E-state index contributed by atoms with van der Waals surface area (Å²) in [5.74, 6) is 0.453. The van der Waals surface area contributed by atoms with E-state index in [1.54, 1.807) is 20.0 Å². The predicted molar refractivity (Wildman–Crippen MR) is 96.5 cm³/mol. The van der Waals surface area contributed by atoms with Crippen molar-refractivity contribution in [3.05, 3.63) is 23.9 Å². The highest BCUT2D eigenvalue weighted by molar-refractivity contribution is 6.06. The van der Waals surface area contributed by atoms with Crippen LogP contribution in [0, 0.1) is 0 Å². The van der Waals surface area contributed by atoms with Gasteiger partial charge in [0.15, 0.2) is 0 Å². The monoisotopic (exact) mass is 359 g/mol. The van der Waals surface area contributed by atoms with E-state index in [-0.39, 0.29) is 24.8 Å². The largest absolute Gasteiger partial charge is 0.357 e. The van der Waals surface area contributed by atoms with Crippen LogP contribution in [0.2, 0.25) is 0 Å². The van der Waals surface area contributed by atoms with Gasteiger partial charge in [-0.2, -0.15) is 0 Å². The molecule has 3 rings (SSSR count). The third kappa shape index (κ3) is 3.95. The second-order valence-corrected chi connectivity index (χ2v) is 7.26. The van der Waals surface area contributed by atoms with Crippen LogP contribution < -0.4 is 15.5 Å². The van der Waals surface area contributed by atoms with Crippen molar-refractivity contribution in [1.29, 1.82) is 0 Å². The van der Waals surface area contributed by atoms with Crippen LogP contribution in [0.4, 0.5) is 10.6 Å². The van der Waals surface area contributed by atoms with Crippen molar-refractivity contribution in [2.75, 3.05) is 24.5 Å². The van der Waals surface area contributed by atoms with Crippen molar-refractivity contribution in [3.8, 4) is 0 Å². The number of nitrogens with one attached hydrogen (secondary N) is 2. The van der Waals surface area contributed by atoms with Crippen molar-refractivity contribution >= 4 is 23.7 Å². The van der Waals surface area contributed by atoms with Crippen molar-refractivity contribution < 1.29 is 14.4 Å². The predicted octanol–water partition coefficient (Wildman–Crippen LogP) is 1.02. The summed E-state index contributed by atoms with van der Waals surface area (Å²) in [4.78, 5) is 43.7. The molecule has 2 aliphatic heterocycles. The molecule has 8 heteroatoms. The van der Waals surface area contributed by atoms with Gasteiger partial charge in [-0.25, -0.2) is 9.78 Å². The Bertz CT molecular complexity index is 695. The normalized spacial score (nSPS) is 19.0. The second-order valence-electron chi connectivity index (χ2n) is 7.26. The minimum atomic E-state index is -0.906. The number of carbonyl (C=O) groups is 3. The number of carbonyl (C=O) groups excluding carboxylic acids is 3. The maximum atomic E-state index is 12.1. The maximum absolute atomic E-state index is 12.1. The Morgan fingerprint density at radius 3 is 2.58 bits per heavy atom. The van der Waals surface area contributed by atoms with Crippen LogP contribution in [0.25, 0.3) is 0 Å². The summed E-state index contributed by atoms with van der Waals surface area (Å²) in [5.41, 5.74) is 0.00785. The summed E-state index contributed by atoms with van der Waals surface area (Å²) in [5, 5.41) is 5.40. The third-order valence-electron chi connectivity index (χ3n) is 4.74. The van der Waals surface area contributed by atoms with Gasteiger partial charge in [0.2, 0.25) is 5.91 Å². The van der Waals surface area contributed by atoms with Crippen molar-refractivity contribution in [1.82, 2.24) is 20.5 Å². The first-order chi connectivity index (χ1) is 12.4. The number of hydrogen-bond donors (Lipinski definition) is 2. The number of rotatable bonds is 6. The number of urea groups is 1. The van der Waals surface area contributed by atoms with Crippen LogP contribution in [-0.2, 0) is 16.1 Å². The Labute approximate surface area is 152 Å². The van der Waals surface area contributed by atoms with E-state index in [0.717, 1.165) is 29.4 Å². The van der Waals surface area contributed by atoms with E-state index < -0.39 is 11.6 Å². The minimum Gasteiger partial charge on any atom is -0.357 e. The third-order valence-corrected chi connectivity index (χ3v) is 4.74. The van der Waals surface area contributed by atoms with Gasteiger partial charge in [-0.3, -0.25) is 14.5 Å². The number of imide groups is 1. The lowest BCUT2D eigenvalue weighted by Gasteiger charge is -2.16. The van der Waals surface area contributed by atoms with E-state index in [4.69, 9.17) is 0 Å². The zero-order valence-electron chi connectivity index (χ0n) is 15.2. The summed E-state index contributed by atoms with van der Waals surface area (Å²) >= 11 is 0. The summed E-state index contributed by atoms with van der Waals surface area (Å²) < 4.78 is 0. The van der Waals surface area contributed by atoms with Crippen LogP contribution in [0.3, 0.4) is 0 Å². The molecule has 0 aromatic carbocycles. The molecule has 4 amide bonds. The van der Waals surface area contributed by atoms with Gasteiger partial charge in [-0.05, 0) is 38.3 Å². The zero-order chi connectivity index (χ0) is 18.7. The Kier molecular flexibility index (Phi) is 5.11. The molecule has 0 aliphatic carbocycles. The highest BCUT2D eigenvalue weighted by Gasteiger charge is 2.43. The standard InChI is InChI=1S/C18H25N5O3/c1-18(2)16(25)23(17(26)21-18)10-7-15(24)20-12-13-5-6-14(19-11-13)22-8-3-4-9-22/h5-6,11H,3-4,7-10,12H2,1-2H3,(H,20,24)(H,21,26). The van der Waals surface area contributed by atoms with Crippen molar-refractivity contribution in [2.45, 2.75) is 45.2 Å². The van der Waals surface area contributed by atoms with E-state index in [1.165, 1.54) is 12.8 Å². The summed E-state index contributed by atoms with van der Waals surface area (Å²) in [7, 11) is 0. The second kappa shape index (κ2) is 7.31. The highest BCUT2D eigenvalue weighted by Crippen LogP contribution is 2.18. The van der Waals surface area contributed by atoms with Gasteiger partial charge in [-0.15, -0.1) is 0 Å². The average Bonchev–Trinajstić information content (AvgIpc) is 3.20. The zero-order valence-corrected chi connectivity index (χ0v) is 15.2. The van der Waals surface area contributed by atoms with E-state index in [9.17, 15) is 14.4 Å². The molecule has 8 nitrogen and oxygen atoms in total. The van der Waals surface area contributed by atoms with Gasteiger partial charge in [0, 0.05) is 38.8 Å². The molecule has 0 spiro atoms. The smallest absolute Gasteiger partial charge is 0.325 e. The molecule has 0 bridgehead atoms. The lowest BCUT2D eigenvalue weighted by Crippen LogP contribution is -2.40. The van der Waals surface area contributed by atoms with E-state index >= 15 is 0 Å². The van der Waals surface area contributed by atoms with Gasteiger partial charge >= 0.3 is 6.03 Å². The molecule has 0 radical (unpaired) electrons. The molecule has 2 saturated heterocycles. The van der Waals surface area contributed by atoms with Crippen LogP contribution in [0.1, 0.15) is 38.7 Å². The Morgan fingerprint density at radius 2 is 2.00 bits per heavy atom. The number of nitrogens with zero attached hydrogens (tertiary/aromatic N) is 3. The Balaban J connectivity index is 1.44. The van der Waals surface area contributed by atoms with Crippen LogP contribution in [0.15, 0.2) is 18.3 Å². The first-order valence-electron chi connectivity index (χ1n) is 8.97. The Hall–Kier alpha value is -2.64. The van der Waals surface area contributed by atoms with Gasteiger partial charge in [-0.1, -0.05) is 6.07 Å². The first kappa shape index (κ1) is 18.2. The lowest BCUT2D eigenvalue weighted by molar-refractivity contribution is -0.130. The van der Waals surface area contributed by atoms with E-state index in [0.29, 0.717) is 6.54 Å². The lowest BCUT2D eigenvalue weighted by atomic mass is 10.1. The number of anilines is 1. The molecule has 2 fully saturated rings. The molecule has 0 atom stereocenters. The summed E-state index contributed by atoms with van der Waals surface area (Å²) in [6, 6.07) is 3.48. The Morgan fingerprint density at radius 1 is 1.27 bits per heavy atom. The topological polar surface area (TPSA) is 94.6 Å². The van der Waals surface area contributed by atoms with Crippen molar-refractivity contribution in [3.63, 3.8) is 0 Å². The molecule has 3 heterocycles. The molecule has 0 saturated carbocycles. The van der Waals surface area contributed by atoms with Gasteiger partial charge < -0.3 is 15.5 Å². The van der Waals surface area contributed by atoms with Crippen LogP contribution in [0.5, 0.6) is 0 Å². The SMILES string of the molecule is CC1(C)NC(=O)N(CCC(=O)NCc2ccc(N3CCCC3)nc2)C1=O. The molecule has 140 valence electrons. The molecule has 1 aromatic rings. The summed E-state index contributed by atoms with van der Waals surface area (Å²) in [6.45, 7) is 5.83. The molecule has 2 N–H and O–H groups in total. The number of pyridine rings is 1. The molecular formula is C18H25N5O3. The highest BCUT2D eigenvalue weighted by atomic mass is 16.2. The van der Waals surface area contributed by atoms with Crippen LogP contribution in [-0.4, -0.2) is 52.9 Å². The summed E-state index contributed by atoms with van der Waals surface area (Å²) in [6.07, 6.45) is 4.25. The maximum Gasteiger partial charge on any atom is 0.325 e. The van der Waals surface area contributed by atoms with E-state index in [1.807, 2.05) is 12.1 Å².